The van der Waals surface area contributed by atoms with Crippen LogP contribution in [-0.4, -0.2) is 60.6 Å². The molecule has 0 aromatic heterocycles. The number of halogens is 1. The summed E-state index contributed by atoms with van der Waals surface area (Å²) in [5.41, 5.74) is -0.345. The number of nitrogens with zero attached hydrogens (tertiary/aromatic N) is 1. The highest BCUT2D eigenvalue weighted by Crippen LogP contribution is 2.55. The molecule has 0 aliphatic carbocycles. The third kappa shape index (κ3) is 3.90. The van der Waals surface area contributed by atoms with Crippen LogP contribution >= 0.6 is 0 Å². The monoisotopic (exact) mass is 479 g/mol. The highest BCUT2D eigenvalue weighted by Gasteiger charge is 2.72. The average Bonchev–Trinajstić information content (AvgIpc) is 3.50. The minimum atomic E-state index is -1.28. The van der Waals surface area contributed by atoms with Crippen LogP contribution in [0.2, 0.25) is 0 Å². The molecule has 2 fully saturated rings. The van der Waals surface area contributed by atoms with Crippen LogP contribution in [0.25, 0.3) is 0 Å². The Bertz CT molecular complexity index is 1170. The quantitative estimate of drug-likeness (QED) is 0.564. The molecule has 2 aromatic rings. The van der Waals surface area contributed by atoms with Crippen molar-refractivity contribution in [1.82, 2.24) is 10.2 Å². The SMILES string of the molecule is COCCN1C(=O)[C@H]2[C@@H](C(=O)Nc3ccccc3F)[C@H]3C=C[C@@]2(O3)[C@@H]1C(=O)NCc1ccccc1. The van der Waals surface area contributed by atoms with Crippen molar-refractivity contribution >= 4 is 23.4 Å². The van der Waals surface area contributed by atoms with Gasteiger partial charge in [-0.15, -0.1) is 0 Å². The van der Waals surface area contributed by atoms with Crippen LogP contribution in [0.15, 0.2) is 66.7 Å². The maximum atomic E-state index is 14.2. The van der Waals surface area contributed by atoms with Gasteiger partial charge in [0, 0.05) is 20.2 Å². The van der Waals surface area contributed by atoms with Crippen LogP contribution in [0.3, 0.4) is 0 Å². The van der Waals surface area contributed by atoms with Crippen LogP contribution in [0.1, 0.15) is 5.56 Å². The van der Waals surface area contributed by atoms with Crippen LogP contribution < -0.4 is 10.6 Å². The highest BCUT2D eigenvalue weighted by atomic mass is 19.1. The van der Waals surface area contributed by atoms with Gasteiger partial charge in [-0.1, -0.05) is 54.6 Å². The van der Waals surface area contributed by atoms with Gasteiger partial charge in [-0.05, 0) is 17.7 Å². The number of hydrogen-bond acceptors (Lipinski definition) is 5. The Morgan fingerprint density at radius 1 is 1.11 bits per heavy atom. The lowest BCUT2D eigenvalue weighted by Gasteiger charge is -2.32. The number of methoxy groups -OCH3 is 1. The Morgan fingerprint density at radius 3 is 2.60 bits per heavy atom. The average molecular weight is 480 g/mol. The van der Waals surface area contributed by atoms with E-state index >= 15 is 0 Å². The van der Waals surface area contributed by atoms with E-state index in [2.05, 4.69) is 10.6 Å². The maximum Gasteiger partial charge on any atom is 0.246 e. The van der Waals surface area contributed by atoms with E-state index in [1.54, 1.807) is 18.2 Å². The van der Waals surface area contributed by atoms with E-state index in [-0.39, 0.29) is 37.2 Å². The van der Waals surface area contributed by atoms with Gasteiger partial charge in [0.1, 0.15) is 17.5 Å². The smallest absolute Gasteiger partial charge is 0.246 e. The van der Waals surface area contributed by atoms with Gasteiger partial charge in [0.25, 0.3) is 0 Å². The number of carbonyl (C=O) groups excluding carboxylic acids is 3. The Balaban J connectivity index is 1.42. The summed E-state index contributed by atoms with van der Waals surface area (Å²) >= 11 is 0. The van der Waals surface area contributed by atoms with Crippen molar-refractivity contribution in [2.24, 2.45) is 11.8 Å². The number of hydrogen-bond donors (Lipinski definition) is 2. The van der Waals surface area contributed by atoms with Crippen molar-refractivity contribution in [3.8, 4) is 0 Å². The summed E-state index contributed by atoms with van der Waals surface area (Å²) in [6, 6.07) is 14.3. The number of para-hydroxylation sites is 1. The molecule has 3 heterocycles. The summed E-state index contributed by atoms with van der Waals surface area (Å²) in [5, 5.41) is 5.50. The van der Waals surface area contributed by atoms with E-state index < -0.39 is 41.3 Å². The van der Waals surface area contributed by atoms with Gasteiger partial charge in [0.15, 0.2) is 0 Å². The molecular weight excluding hydrogens is 453 g/mol. The molecule has 9 heteroatoms. The lowest BCUT2D eigenvalue weighted by atomic mass is 9.74. The number of benzene rings is 2. The van der Waals surface area contributed by atoms with E-state index in [0.29, 0.717) is 0 Å². The second-order valence-electron chi connectivity index (χ2n) is 8.90. The van der Waals surface area contributed by atoms with Crippen LogP contribution in [0.5, 0.6) is 0 Å². The van der Waals surface area contributed by atoms with Gasteiger partial charge >= 0.3 is 0 Å². The summed E-state index contributed by atoms with van der Waals surface area (Å²) in [5.74, 6) is -3.64. The van der Waals surface area contributed by atoms with Crippen molar-refractivity contribution in [2.75, 3.05) is 25.6 Å². The third-order valence-electron chi connectivity index (χ3n) is 6.90. The summed E-state index contributed by atoms with van der Waals surface area (Å²) in [6.07, 6.45) is 2.75. The standard InChI is InChI=1S/C26H26FN3O5/c1-34-14-13-30-22(24(32)28-15-16-7-3-2-4-8-16)26-12-11-19(35-26)20(21(26)25(30)33)23(31)29-18-10-6-5-9-17(18)27/h2-12,19-22H,13-15H2,1H3,(H,28,32)(H,29,31)/t19-,20+,21-,22+,26+/m1/s1. The number of rotatable bonds is 8. The summed E-state index contributed by atoms with van der Waals surface area (Å²) in [6.45, 7) is 0.671. The normalized spacial score (nSPS) is 28.3. The lowest BCUT2D eigenvalue weighted by molar-refractivity contribution is -0.141. The molecule has 1 spiro atoms. The molecular formula is C26H26FN3O5. The van der Waals surface area contributed by atoms with Crippen LogP contribution in [0.4, 0.5) is 10.1 Å². The van der Waals surface area contributed by atoms with Gasteiger partial charge in [-0.3, -0.25) is 14.4 Å². The predicted octanol–water partition coefficient (Wildman–Crippen LogP) is 1.88. The zero-order chi connectivity index (χ0) is 24.6. The van der Waals surface area contributed by atoms with Crippen molar-refractivity contribution in [3.63, 3.8) is 0 Å². The number of anilines is 1. The molecule has 3 aliphatic rings. The zero-order valence-corrected chi connectivity index (χ0v) is 19.1. The fourth-order valence-corrected chi connectivity index (χ4v) is 5.36. The first kappa shape index (κ1) is 23.2. The molecule has 2 aromatic carbocycles. The molecule has 5 atom stereocenters. The second-order valence-corrected chi connectivity index (χ2v) is 8.90. The van der Waals surface area contributed by atoms with E-state index in [1.165, 1.54) is 30.2 Å². The molecule has 0 radical (unpaired) electrons. The fourth-order valence-electron chi connectivity index (χ4n) is 5.36. The highest BCUT2D eigenvalue weighted by molar-refractivity contribution is 6.02. The lowest BCUT2D eigenvalue weighted by Crippen LogP contribution is -2.55. The molecule has 0 saturated carbocycles. The topological polar surface area (TPSA) is 97.0 Å². The van der Waals surface area contributed by atoms with Crippen molar-refractivity contribution in [2.45, 2.75) is 24.3 Å². The molecule has 8 nitrogen and oxygen atoms in total. The number of ether oxygens (including phenoxy) is 2. The van der Waals surface area contributed by atoms with E-state index in [1.807, 2.05) is 30.3 Å². The predicted molar refractivity (Wildman–Crippen MR) is 124 cm³/mol. The molecule has 3 aliphatic heterocycles. The van der Waals surface area contributed by atoms with Crippen LogP contribution in [-0.2, 0) is 30.4 Å². The number of likely N-dealkylation sites (tertiary alicyclic amines) is 1. The van der Waals surface area contributed by atoms with E-state index in [9.17, 15) is 18.8 Å². The summed E-state index contributed by atoms with van der Waals surface area (Å²) in [7, 11) is 1.51. The van der Waals surface area contributed by atoms with E-state index in [4.69, 9.17) is 9.47 Å². The molecule has 182 valence electrons. The Morgan fingerprint density at radius 2 is 1.86 bits per heavy atom. The number of amides is 3. The fraction of sp³-hybridized carbons (Fsp3) is 0.346. The number of nitrogens with one attached hydrogen (secondary N) is 2. The molecule has 5 rings (SSSR count). The first-order chi connectivity index (χ1) is 17.0. The molecule has 35 heavy (non-hydrogen) atoms. The van der Waals surface area contributed by atoms with Crippen molar-refractivity contribution in [1.29, 1.82) is 0 Å². The molecule has 2 bridgehead atoms. The Kier molecular flexibility index (Phi) is 6.12. The van der Waals surface area contributed by atoms with Crippen molar-refractivity contribution in [3.05, 3.63) is 78.1 Å². The minimum absolute atomic E-state index is 0.0251. The van der Waals surface area contributed by atoms with Gasteiger partial charge in [-0.25, -0.2) is 4.39 Å². The molecule has 0 unspecified atom stereocenters. The summed E-state index contributed by atoms with van der Waals surface area (Å²) < 4.78 is 25.6. The first-order valence-corrected chi connectivity index (χ1v) is 11.5. The number of fused-ring (bicyclic) bond motifs is 1. The first-order valence-electron chi connectivity index (χ1n) is 11.5. The minimum Gasteiger partial charge on any atom is -0.383 e. The number of carbonyl (C=O) groups is 3. The van der Waals surface area contributed by atoms with Gasteiger partial charge < -0.3 is 25.0 Å². The van der Waals surface area contributed by atoms with Crippen LogP contribution in [0, 0.1) is 17.7 Å². The van der Waals surface area contributed by atoms with E-state index in [0.717, 1.165) is 5.56 Å². The zero-order valence-electron chi connectivity index (χ0n) is 19.1. The Hall–Kier alpha value is -3.56. The Labute approximate surface area is 202 Å². The van der Waals surface area contributed by atoms with Gasteiger partial charge in [0.2, 0.25) is 17.7 Å². The molecule has 3 amide bonds. The summed E-state index contributed by atoms with van der Waals surface area (Å²) in [4.78, 5) is 41.8. The van der Waals surface area contributed by atoms with Crippen molar-refractivity contribution < 1.29 is 28.2 Å². The van der Waals surface area contributed by atoms with Gasteiger partial charge in [-0.2, -0.15) is 0 Å². The molecule has 2 saturated heterocycles. The third-order valence-corrected chi connectivity index (χ3v) is 6.90. The maximum absolute atomic E-state index is 14.2. The largest absolute Gasteiger partial charge is 0.383 e. The van der Waals surface area contributed by atoms with Gasteiger partial charge in [0.05, 0.1) is 30.2 Å². The second kappa shape index (κ2) is 9.24. The molecule has 2 N–H and O–H groups in total.